The fourth-order valence-electron chi connectivity index (χ4n) is 1.26. The number of carbonyl (C=O) groups excluding carboxylic acids is 1. The van der Waals surface area contributed by atoms with Crippen LogP contribution in [0.5, 0.6) is 0 Å². The number of amides is 1. The number of aliphatic carboxylic acids is 1. The lowest BCUT2D eigenvalue weighted by molar-refractivity contribution is -0.138. The van der Waals surface area contributed by atoms with E-state index in [9.17, 15) is 9.59 Å². The van der Waals surface area contributed by atoms with Crippen molar-refractivity contribution in [2.24, 2.45) is 17.2 Å². The van der Waals surface area contributed by atoms with E-state index in [1.807, 2.05) is 0 Å². The van der Waals surface area contributed by atoms with E-state index in [1.54, 1.807) is 0 Å². The first-order valence-corrected chi connectivity index (χ1v) is 5.70. The Balaban J connectivity index is 3.60. The minimum absolute atomic E-state index is 0.234. The standard InChI is InChI=1S/C10H22N4O3/c11-5-1-3-7(12)9(15)14-6-2-4-8(13)10(16)17/h7-8H,1-6,11-13H2,(H,14,15)(H,16,17)/t7-,8-/m0/s1. The first kappa shape index (κ1) is 15.8. The largest absolute Gasteiger partial charge is 0.480 e. The number of nitrogens with one attached hydrogen (secondary N) is 1. The van der Waals surface area contributed by atoms with E-state index in [4.69, 9.17) is 22.3 Å². The number of nitrogens with two attached hydrogens (primary N) is 3. The summed E-state index contributed by atoms with van der Waals surface area (Å²) in [5, 5.41) is 11.2. The van der Waals surface area contributed by atoms with E-state index in [0.717, 1.165) is 0 Å². The van der Waals surface area contributed by atoms with Gasteiger partial charge in [0, 0.05) is 6.54 Å². The predicted octanol–water partition coefficient (Wildman–Crippen LogP) is -1.64. The van der Waals surface area contributed by atoms with Crippen LogP contribution in [-0.4, -0.2) is 42.2 Å². The average molecular weight is 246 g/mol. The molecule has 1 amide bonds. The Kier molecular flexibility index (Phi) is 8.29. The number of carboxylic acid groups (broad SMARTS) is 1. The molecule has 0 aliphatic rings. The van der Waals surface area contributed by atoms with Crippen molar-refractivity contribution in [3.05, 3.63) is 0 Å². The summed E-state index contributed by atoms with van der Waals surface area (Å²) in [5.41, 5.74) is 16.2. The maximum absolute atomic E-state index is 11.4. The minimum atomic E-state index is -1.03. The molecule has 0 aromatic rings. The molecule has 0 bridgehead atoms. The van der Waals surface area contributed by atoms with Crippen LogP contribution in [0.2, 0.25) is 0 Å². The van der Waals surface area contributed by atoms with E-state index in [0.29, 0.717) is 38.8 Å². The molecule has 7 heteroatoms. The zero-order valence-electron chi connectivity index (χ0n) is 9.89. The quantitative estimate of drug-likeness (QED) is 0.309. The maximum atomic E-state index is 11.4. The summed E-state index contributed by atoms with van der Waals surface area (Å²) in [4.78, 5) is 21.8. The summed E-state index contributed by atoms with van der Waals surface area (Å²) >= 11 is 0. The molecule has 0 aromatic carbocycles. The van der Waals surface area contributed by atoms with Gasteiger partial charge in [-0.2, -0.15) is 0 Å². The molecule has 17 heavy (non-hydrogen) atoms. The van der Waals surface area contributed by atoms with Crippen LogP contribution >= 0.6 is 0 Å². The van der Waals surface area contributed by atoms with Gasteiger partial charge < -0.3 is 27.6 Å². The number of rotatable bonds is 9. The predicted molar refractivity (Wildman–Crippen MR) is 64.1 cm³/mol. The molecule has 0 aromatic heterocycles. The lowest BCUT2D eigenvalue weighted by Gasteiger charge is -2.12. The van der Waals surface area contributed by atoms with Gasteiger partial charge in [0.15, 0.2) is 0 Å². The molecule has 8 N–H and O–H groups in total. The molecule has 0 spiro atoms. The average Bonchev–Trinajstić information content (AvgIpc) is 2.30. The van der Waals surface area contributed by atoms with Gasteiger partial charge in [0.1, 0.15) is 6.04 Å². The fourth-order valence-corrected chi connectivity index (χ4v) is 1.26. The van der Waals surface area contributed by atoms with Crippen LogP contribution in [0.25, 0.3) is 0 Å². The van der Waals surface area contributed by atoms with Crippen LogP contribution in [0, 0.1) is 0 Å². The van der Waals surface area contributed by atoms with E-state index >= 15 is 0 Å². The summed E-state index contributed by atoms with van der Waals surface area (Å²) in [6, 6.07) is -1.43. The molecule has 7 nitrogen and oxygen atoms in total. The first-order valence-electron chi connectivity index (χ1n) is 5.70. The summed E-state index contributed by atoms with van der Waals surface area (Å²) < 4.78 is 0. The molecule has 0 rings (SSSR count). The SMILES string of the molecule is NCCC[C@H](N)C(=O)NCCC[C@H](N)C(=O)O. The Morgan fingerprint density at radius 3 is 2.24 bits per heavy atom. The van der Waals surface area contributed by atoms with Gasteiger partial charge in [0.05, 0.1) is 6.04 Å². The second kappa shape index (κ2) is 8.91. The number of carboxylic acids is 1. The van der Waals surface area contributed by atoms with Gasteiger partial charge in [-0.3, -0.25) is 9.59 Å². The number of hydrogen-bond donors (Lipinski definition) is 5. The van der Waals surface area contributed by atoms with Gasteiger partial charge in [-0.25, -0.2) is 0 Å². The van der Waals surface area contributed by atoms with Crippen LogP contribution in [-0.2, 0) is 9.59 Å². The molecule has 100 valence electrons. The third-order valence-corrected chi connectivity index (χ3v) is 2.36. The molecule has 0 aliphatic carbocycles. The van der Waals surface area contributed by atoms with Gasteiger partial charge in [-0.05, 0) is 32.2 Å². The fraction of sp³-hybridized carbons (Fsp3) is 0.800. The van der Waals surface area contributed by atoms with Crippen molar-refractivity contribution in [3.8, 4) is 0 Å². The highest BCUT2D eigenvalue weighted by atomic mass is 16.4. The maximum Gasteiger partial charge on any atom is 0.320 e. The lowest BCUT2D eigenvalue weighted by Crippen LogP contribution is -2.41. The molecule has 0 saturated carbocycles. The summed E-state index contributed by atoms with van der Waals surface area (Å²) in [7, 11) is 0. The van der Waals surface area contributed by atoms with Crippen LogP contribution in [0.3, 0.4) is 0 Å². The summed E-state index contributed by atoms with van der Waals surface area (Å²) in [6.07, 6.45) is 2.10. The highest BCUT2D eigenvalue weighted by molar-refractivity contribution is 5.81. The van der Waals surface area contributed by atoms with Crippen molar-refractivity contribution < 1.29 is 14.7 Å². The van der Waals surface area contributed by atoms with E-state index in [1.165, 1.54) is 0 Å². The molecule has 0 aliphatic heterocycles. The third-order valence-electron chi connectivity index (χ3n) is 2.36. The Morgan fingerprint density at radius 1 is 1.12 bits per heavy atom. The highest BCUT2D eigenvalue weighted by Gasteiger charge is 2.13. The van der Waals surface area contributed by atoms with Crippen molar-refractivity contribution in [1.29, 1.82) is 0 Å². The molecule has 0 unspecified atom stereocenters. The second-order valence-electron chi connectivity index (χ2n) is 3.92. The van der Waals surface area contributed by atoms with Crippen molar-refractivity contribution in [2.75, 3.05) is 13.1 Å². The van der Waals surface area contributed by atoms with Crippen LogP contribution in [0.4, 0.5) is 0 Å². The molecule has 0 fully saturated rings. The second-order valence-corrected chi connectivity index (χ2v) is 3.92. The van der Waals surface area contributed by atoms with E-state index < -0.39 is 18.1 Å². The number of hydrogen-bond acceptors (Lipinski definition) is 5. The van der Waals surface area contributed by atoms with Gasteiger partial charge in [-0.1, -0.05) is 0 Å². The summed E-state index contributed by atoms with van der Waals surface area (Å²) in [5.74, 6) is -1.27. The van der Waals surface area contributed by atoms with Crippen molar-refractivity contribution >= 4 is 11.9 Å². The normalized spacial score (nSPS) is 14.1. The molecule has 0 heterocycles. The third kappa shape index (κ3) is 7.67. The van der Waals surface area contributed by atoms with Crippen molar-refractivity contribution in [1.82, 2.24) is 5.32 Å². The molecule has 2 atom stereocenters. The topological polar surface area (TPSA) is 144 Å². The van der Waals surface area contributed by atoms with Crippen molar-refractivity contribution in [3.63, 3.8) is 0 Å². The zero-order chi connectivity index (χ0) is 13.3. The Morgan fingerprint density at radius 2 is 1.71 bits per heavy atom. The van der Waals surface area contributed by atoms with Gasteiger partial charge in [-0.15, -0.1) is 0 Å². The Hall–Kier alpha value is -1.18. The summed E-state index contributed by atoms with van der Waals surface area (Å²) in [6.45, 7) is 0.893. The van der Waals surface area contributed by atoms with E-state index in [-0.39, 0.29) is 5.91 Å². The molecular formula is C10H22N4O3. The smallest absolute Gasteiger partial charge is 0.320 e. The van der Waals surface area contributed by atoms with Crippen molar-refractivity contribution in [2.45, 2.75) is 37.8 Å². The first-order chi connectivity index (χ1) is 7.99. The Bertz CT molecular complexity index is 248. The van der Waals surface area contributed by atoms with Crippen LogP contribution in [0.15, 0.2) is 0 Å². The van der Waals surface area contributed by atoms with Gasteiger partial charge in [0.25, 0.3) is 0 Å². The van der Waals surface area contributed by atoms with Crippen LogP contribution in [0.1, 0.15) is 25.7 Å². The monoisotopic (exact) mass is 246 g/mol. The molecule has 0 saturated heterocycles. The van der Waals surface area contributed by atoms with Crippen LogP contribution < -0.4 is 22.5 Å². The lowest BCUT2D eigenvalue weighted by atomic mass is 10.1. The van der Waals surface area contributed by atoms with E-state index in [2.05, 4.69) is 5.32 Å². The Labute approximate surface area is 101 Å². The minimum Gasteiger partial charge on any atom is -0.480 e. The molecule has 0 radical (unpaired) electrons. The van der Waals surface area contributed by atoms with Gasteiger partial charge >= 0.3 is 5.97 Å². The van der Waals surface area contributed by atoms with Gasteiger partial charge in [0.2, 0.25) is 5.91 Å². The number of carbonyl (C=O) groups is 2. The highest BCUT2D eigenvalue weighted by Crippen LogP contribution is 1.95. The zero-order valence-corrected chi connectivity index (χ0v) is 9.89. The molecular weight excluding hydrogens is 224 g/mol.